The number of benzene rings is 1. The molecule has 0 spiro atoms. The van der Waals surface area contributed by atoms with Gasteiger partial charge in [-0.1, -0.05) is 12.1 Å². The first-order valence-corrected chi connectivity index (χ1v) is 7.16. The van der Waals surface area contributed by atoms with Crippen LogP contribution in [-0.4, -0.2) is 36.0 Å². The number of carbonyl (C=O) groups is 1. The van der Waals surface area contributed by atoms with Crippen LogP contribution < -0.4 is 10.5 Å². The fourth-order valence-corrected chi connectivity index (χ4v) is 2.42. The topological polar surface area (TPSA) is 55.6 Å². The van der Waals surface area contributed by atoms with Crippen LogP contribution in [0.4, 0.5) is 13.2 Å². The van der Waals surface area contributed by atoms with Gasteiger partial charge in [0.2, 0.25) is 0 Å². The van der Waals surface area contributed by atoms with Crippen LogP contribution in [-0.2, 0) is 11.0 Å². The Bertz CT molecular complexity index is 526. The zero-order chi connectivity index (χ0) is 16.3. The highest BCUT2D eigenvalue weighted by Crippen LogP contribution is 2.36. The summed E-state index contributed by atoms with van der Waals surface area (Å²) in [6, 6.07) is 4.97. The molecule has 0 aromatic heterocycles. The summed E-state index contributed by atoms with van der Waals surface area (Å²) in [5.41, 5.74) is 4.89. The van der Waals surface area contributed by atoms with Crippen molar-refractivity contribution in [2.45, 2.75) is 38.1 Å². The van der Waals surface area contributed by atoms with Crippen molar-refractivity contribution in [1.82, 2.24) is 4.90 Å². The third-order valence-corrected chi connectivity index (χ3v) is 3.70. The zero-order valence-corrected chi connectivity index (χ0v) is 12.3. The van der Waals surface area contributed by atoms with Gasteiger partial charge in [-0.2, -0.15) is 13.2 Å². The molecule has 1 aliphatic rings. The quantitative estimate of drug-likeness (QED) is 0.932. The number of carbonyl (C=O) groups excluding carboxylic acids is 1. The molecule has 7 heteroatoms. The Kier molecular flexibility index (Phi) is 4.95. The first-order valence-electron chi connectivity index (χ1n) is 7.16. The average molecular weight is 316 g/mol. The highest BCUT2D eigenvalue weighted by atomic mass is 19.4. The zero-order valence-electron chi connectivity index (χ0n) is 12.3. The molecular formula is C15H19F3N2O2. The summed E-state index contributed by atoms with van der Waals surface area (Å²) in [5, 5.41) is 0. The van der Waals surface area contributed by atoms with Crippen LogP contribution >= 0.6 is 0 Å². The van der Waals surface area contributed by atoms with Crippen molar-refractivity contribution in [2.75, 3.05) is 13.1 Å². The van der Waals surface area contributed by atoms with Crippen molar-refractivity contribution in [3.8, 4) is 5.75 Å². The molecular weight excluding hydrogens is 297 g/mol. The smallest absolute Gasteiger partial charge is 0.419 e. The molecule has 1 atom stereocenters. The monoisotopic (exact) mass is 316 g/mol. The van der Waals surface area contributed by atoms with Gasteiger partial charge in [0.25, 0.3) is 5.91 Å². The van der Waals surface area contributed by atoms with E-state index in [1.807, 2.05) is 0 Å². The Morgan fingerprint density at radius 2 is 1.91 bits per heavy atom. The predicted octanol–water partition coefficient (Wildman–Crippen LogP) is 2.42. The van der Waals surface area contributed by atoms with Gasteiger partial charge >= 0.3 is 6.18 Å². The van der Waals surface area contributed by atoms with Gasteiger partial charge < -0.3 is 15.4 Å². The predicted molar refractivity (Wildman–Crippen MR) is 75.3 cm³/mol. The van der Waals surface area contributed by atoms with Crippen LogP contribution in [0.5, 0.6) is 5.75 Å². The first-order chi connectivity index (χ1) is 10.3. The summed E-state index contributed by atoms with van der Waals surface area (Å²) in [5.74, 6) is -0.645. The molecule has 1 aromatic carbocycles. The lowest BCUT2D eigenvalue weighted by molar-refractivity contribution is -0.144. The number of amides is 1. The highest BCUT2D eigenvalue weighted by molar-refractivity contribution is 5.81. The van der Waals surface area contributed by atoms with E-state index in [9.17, 15) is 18.0 Å². The molecule has 0 bridgehead atoms. The third kappa shape index (κ3) is 3.91. The molecule has 1 saturated heterocycles. The van der Waals surface area contributed by atoms with Gasteiger partial charge in [-0.05, 0) is 31.9 Å². The largest absolute Gasteiger partial charge is 0.480 e. The minimum atomic E-state index is -4.52. The number of hydrogen-bond acceptors (Lipinski definition) is 3. The van der Waals surface area contributed by atoms with Crippen molar-refractivity contribution in [2.24, 2.45) is 5.73 Å². The molecule has 2 rings (SSSR count). The van der Waals surface area contributed by atoms with Gasteiger partial charge in [-0.15, -0.1) is 0 Å². The second kappa shape index (κ2) is 6.56. The lowest BCUT2D eigenvalue weighted by Crippen LogP contribution is -2.47. The second-order valence-electron chi connectivity index (χ2n) is 5.42. The summed E-state index contributed by atoms with van der Waals surface area (Å²) in [6.07, 6.45) is -4.11. The SMILES string of the molecule is CC(Oc1ccccc1C(F)(F)F)C(=O)N1CCC(N)CC1. The van der Waals surface area contributed by atoms with Crippen molar-refractivity contribution in [1.29, 1.82) is 0 Å². The van der Waals surface area contributed by atoms with Crippen molar-refractivity contribution in [3.05, 3.63) is 29.8 Å². The summed E-state index contributed by atoms with van der Waals surface area (Å²) < 4.78 is 44.0. The number of piperidine rings is 1. The Hall–Kier alpha value is -1.76. The van der Waals surface area contributed by atoms with Crippen molar-refractivity contribution >= 4 is 5.91 Å². The Morgan fingerprint density at radius 3 is 2.50 bits per heavy atom. The molecule has 1 heterocycles. The second-order valence-corrected chi connectivity index (χ2v) is 5.42. The molecule has 4 nitrogen and oxygen atoms in total. The maximum Gasteiger partial charge on any atom is 0.419 e. The van der Waals surface area contributed by atoms with E-state index < -0.39 is 17.8 Å². The number of hydrogen-bond donors (Lipinski definition) is 1. The summed E-state index contributed by atoms with van der Waals surface area (Å²) in [6.45, 7) is 2.48. The number of nitrogens with zero attached hydrogens (tertiary/aromatic N) is 1. The van der Waals surface area contributed by atoms with Crippen LogP contribution in [0.1, 0.15) is 25.3 Å². The third-order valence-electron chi connectivity index (χ3n) is 3.70. The van der Waals surface area contributed by atoms with E-state index >= 15 is 0 Å². The number of para-hydroxylation sites is 1. The molecule has 122 valence electrons. The van der Waals surface area contributed by atoms with Gasteiger partial charge in [-0.25, -0.2) is 0 Å². The molecule has 1 aliphatic heterocycles. The van der Waals surface area contributed by atoms with Gasteiger partial charge in [0.15, 0.2) is 6.10 Å². The van der Waals surface area contributed by atoms with Crippen LogP contribution in [0.15, 0.2) is 24.3 Å². The van der Waals surface area contributed by atoms with Gasteiger partial charge in [0, 0.05) is 19.1 Å². The molecule has 1 fully saturated rings. The van der Waals surface area contributed by atoms with E-state index in [0.717, 1.165) is 6.07 Å². The van der Waals surface area contributed by atoms with E-state index in [0.29, 0.717) is 25.9 Å². The summed E-state index contributed by atoms with van der Waals surface area (Å²) >= 11 is 0. The summed E-state index contributed by atoms with van der Waals surface area (Å²) in [7, 11) is 0. The molecule has 0 saturated carbocycles. The van der Waals surface area contributed by atoms with Gasteiger partial charge in [-0.3, -0.25) is 4.79 Å². The lowest BCUT2D eigenvalue weighted by atomic mass is 10.1. The normalized spacial score (nSPS) is 18.1. The van der Waals surface area contributed by atoms with Gasteiger partial charge in [0.05, 0.1) is 5.56 Å². The Morgan fingerprint density at radius 1 is 1.32 bits per heavy atom. The molecule has 1 unspecified atom stereocenters. The standard InChI is InChI=1S/C15H19F3N2O2/c1-10(14(21)20-8-6-11(19)7-9-20)22-13-5-3-2-4-12(13)15(16,17)18/h2-5,10-11H,6-9,19H2,1H3. The maximum atomic E-state index is 12.9. The van der Waals surface area contributed by atoms with Crippen LogP contribution in [0.3, 0.4) is 0 Å². The number of likely N-dealkylation sites (tertiary alicyclic amines) is 1. The van der Waals surface area contributed by atoms with Crippen LogP contribution in [0.25, 0.3) is 0 Å². The van der Waals surface area contributed by atoms with E-state index in [4.69, 9.17) is 10.5 Å². The number of ether oxygens (including phenoxy) is 1. The van der Waals surface area contributed by atoms with Crippen molar-refractivity contribution < 1.29 is 22.7 Å². The van der Waals surface area contributed by atoms with Crippen LogP contribution in [0, 0.1) is 0 Å². The van der Waals surface area contributed by atoms with Crippen LogP contribution in [0.2, 0.25) is 0 Å². The summed E-state index contributed by atoms with van der Waals surface area (Å²) in [4.78, 5) is 13.8. The lowest BCUT2D eigenvalue weighted by Gasteiger charge is -2.32. The fraction of sp³-hybridized carbons (Fsp3) is 0.533. The maximum absolute atomic E-state index is 12.9. The van der Waals surface area contributed by atoms with E-state index in [1.165, 1.54) is 25.1 Å². The number of rotatable bonds is 3. The van der Waals surface area contributed by atoms with E-state index in [1.54, 1.807) is 4.90 Å². The molecule has 0 aliphatic carbocycles. The molecule has 1 aromatic rings. The Balaban J connectivity index is 2.06. The molecule has 2 N–H and O–H groups in total. The number of nitrogens with two attached hydrogens (primary N) is 1. The first kappa shape index (κ1) is 16.6. The van der Waals surface area contributed by atoms with Gasteiger partial charge in [0.1, 0.15) is 5.75 Å². The van der Waals surface area contributed by atoms with E-state index in [2.05, 4.69) is 0 Å². The molecule has 0 radical (unpaired) electrons. The minimum Gasteiger partial charge on any atom is -0.480 e. The minimum absolute atomic E-state index is 0.0752. The van der Waals surface area contributed by atoms with E-state index in [-0.39, 0.29) is 17.7 Å². The highest BCUT2D eigenvalue weighted by Gasteiger charge is 2.35. The fourth-order valence-electron chi connectivity index (χ4n) is 2.42. The Labute approximate surface area is 127 Å². The average Bonchev–Trinajstić information content (AvgIpc) is 2.46. The molecule has 22 heavy (non-hydrogen) atoms. The van der Waals surface area contributed by atoms with Crippen molar-refractivity contribution in [3.63, 3.8) is 0 Å². The number of alkyl halides is 3. The molecule has 1 amide bonds. The number of halogens is 3.